The Hall–Kier alpha value is -2.74. The highest BCUT2D eigenvalue weighted by atomic mass is 32.2. The van der Waals surface area contributed by atoms with Gasteiger partial charge in [-0.3, -0.25) is 9.69 Å². The second-order valence-electron chi connectivity index (χ2n) is 6.77. The van der Waals surface area contributed by atoms with E-state index in [0.717, 1.165) is 13.2 Å². The zero-order valence-corrected chi connectivity index (χ0v) is 16.3. The van der Waals surface area contributed by atoms with Crippen molar-refractivity contribution in [3.8, 4) is 11.8 Å². The second kappa shape index (κ2) is 7.94. The third kappa shape index (κ3) is 5.41. The SMILES string of the molecule is C[C@@](C[C@H]1CN(c2ccc(C#CCC(F)(F)F)cc2)C(=O)O1)(C(=O)O)S(C)(=O)=O. The molecule has 1 fully saturated rings. The molecule has 1 aromatic carbocycles. The number of hydrogen-bond donors (Lipinski definition) is 1. The fourth-order valence-electron chi connectivity index (χ4n) is 2.64. The van der Waals surface area contributed by atoms with Gasteiger partial charge in [-0.2, -0.15) is 13.2 Å². The van der Waals surface area contributed by atoms with Crippen LogP contribution in [0, 0.1) is 11.8 Å². The summed E-state index contributed by atoms with van der Waals surface area (Å²) in [5.74, 6) is 2.82. The van der Waals surface area contributed by atoms with Crippen LogP contribution in [0.25, 0.3) is 0 Å². The Morgan fingerprint density at radius 2 is 1.90 bits per heavy atom. The van der Waals surface area contributed by atoms with Crippen molar-refractivity contribution >= 4 is 27.6 Å². The highest BCUT2D eigenvalue weighted by Gasteiger charge is 2.48. The van der Waals surface area contributed by atoms with Gasteiger partial charge in [0.15, 0.2) is 14.6 Å². The lowest BCUT2D eigenvalue weighted by Gasteiger charge is -2.24. The second-order valence-corrected chi connectivity index (χ2v) is 9.21. The molecule has 1 heterocycles. The van der Waals surface area contributed by atoms with Gasteiger partial charge >= 0.3 is 18.2 Å². The maximum Gasteiger partial charge on any atom is 0.414 e. The summed E-state index contributed by atoms with van der Waals surface area (Å²) >= 11 is 0. The average molecular weight is 433 g/mol. The van der Waals surface area contributed by atoms with Gasteiger partial charge in [0, 0.05) is 23.9 Å². The predicted molar refractivity (Wildman–Crippen MR) is 97.1 cm³/mol. The van der Waals surface area contributed by atoms with Gasteiger partial charge in [-0.15, -0.1) is 0 Å². The molecule has 29 heavy (non-hydrogen) atoms. The first-order valence-corrected chi connectivity index (χ1v) is 10.2. The van der Waals surface area contributed by atoms with Crippen LogP contribution < -0.4 is 4.90 Å². The highest BCUT2D eigenvalue weighted by molar-refractivity contribution is 7.92. The van der Waals surface area contributed by atoms with E-state index in [1.807, 2.05) is 5.92 Å². The minimum atomic E-state index is -4.38. The molecule has 2 atom stereocenters. The number of hydrogen-bond acceptors (Lipinski definition) is 5. The van der Waals surface area contributed by atoms with Crippen LogP contribution in [0.4, 0.5) is 23.7 Å². The Labute approximate surface area is 165 Å². The molecule has 0 aromatic heterocycles. The van der Waals surface area contributed by atoms with Crippen molar-refractivity contribution in [3.63, 3.8) is 0 Å². The summed E-state index contributed by atoms with van der Waals surface area (Å²) < 4.78 is 63.1. The van der Waals surface area contributed by atoms with E-state index >= 15 is 0 Å². The molecule has 0 radical (unpaired) electrons. The van der Waals surface area contributed by atoms with E-state index in [-0.39, 0.29) is 6.54 Å². The summed E-state index contributed by atoms with van der Waals surface area (Å²) in [5.41, 5.74) is 0.674. The lowest BCUT2D eigenvalue weighted by molar-refractivity contribution is -0.140. The first-order chi connectivity index (χ1) is 13.2. The lowest BCUT2D eigenvalue weighted by atomic mass is 10.0. The monoisotopic (exact) mass is 433 g/mol. The van der Waals surface area contributed by atoms with E-state index in [1.54, 1.807) is 0 Å². The molecule has 2 rings (SSSR count). The molecule has 0 saturated carbocycles. The third-order valence-electron chi connectivity index (χ3n) is 4.46. The van der Waals surface area contributed by atoms with Crippen LogP contribution in [-0.2, 0) is 19.4 Å². The number of sulfone groups is 1. The largest absolute Gasteiger partial charge is 0.480 e. The van der Waals surface area contributed by atoms with Crippen LogP contribution >= 0.6 is 0 Å². The number of rotatable bonds is 5. The average Bonchev–Trinajstić information content (AvgIpc) is 2.93. The summed E-state index contributed by atoms with van der Waals surface area (Å²) in [6, 6.07) is 5.76. The molecule has 1 saturated heterocycles. The number of halogens is 3. The summed E-state index contributed by atoms with van der Waals surface area (Å²) in [6.07, 6.45) is -7.00. The Morgan fingerprint density at radius 3 is 2.38 bits per heavy atom. The fourth-order valence-corrected chi connectivity index (χ4v) is 3.45. The number of anilines is 1. The molecule has 0 bridgehead atoms. The van der Waals surface area contributed by atoms with Crippen LogP contribution in [0.5, 0.6) is 0 Å². The first-order valence-electron chi connectivity index (χ1n) is 8.30. The summed E-state index contributed by atoms with van der Waals surface area (Å²) in [7, 11) is -3.98. The quantitative estimate of drug-likeness (QED) is 0.717. The summed E-state index contributed by atoms with van der Waals surface area (Å²) in [6.45, 7) is 0.978. The van der Waals surface area contributed by atoms with Crippen LogP contribution in [0.3, 0.4) is 0 Å². The number of ether oxygens (including phenoxy) is 1. The standard InChI is InChI=1S/C18H18F3NO6S/c1-17(15(23)24,29(2,26)27)10-14-11-22(16(25)28-14)13-7-5-12(6-8-13)4-3-9-18(19,20)21/h5-8,14H,9-11H2,1-2H3,(H,23,24)/t14-,17+/m0/s1. The van der Waals surface area contributed by atoms with E-state index in [4.69, 9.17) is 4.74 Å². The number of aliphatic carboxylic acids is 1. The molecular formula is C18H18F3NO6S. The van der Waals surface area contributed by atoms with Crippen molar-refractivity contribution < 1.29 is 41.0 Å². The van der Waals surface area contributed by atoms with Gasteiger partial charge in [-0.1, -0.05) is 11.8 Å². The number of alkyl halides is 3. The number of benzene rings is 1. The van der Waals surface area contributed by atoms with Gasteiger partial charge in [-0.25, -0.2) is 13.2 Å². The van der Waals surface area contributed by atoms with Gasteiger partial charge in [-0.05, 0) is 31.2 Å². The Balaban J connectivity index is 2.12. The van der Waals surface area contributed by atoms with Gasteiger partial charge < -0.3 is 9.84 Å². The lowest BCUT2D eigenvalue weighted by Crippen LogP contribution is -2.46. The molecule has 1 aromatic rings. The molecule has 1 aliphatic rings. The normalized spacial score (nSPS) is 19.1. The number of carbonyl (C=O) groups excluding carboxylic acids is 1. The number of amides is 1. The molecule has 1 aliphatic heterocycles. The smallest absolute Gasteiger partial charge is 0.414 e. The van der Waals surface area contributed by atoms with Crippen molar-refractivity contribution in [3.05, 3.63) is 29.8 Å². The van der Waals surface area contributed by atoms with Crippen LogP contribution in [0.15, 0.2) is 24.3 Å². The molecule has 7 nitrogen and oxygen atoms in total. The molecule has 158 valence electrons. The maximum atomic E-state index is 12.1. The van der Waals surface area contributed by atoms with E-state index in [9.17, 15) is 36.3 Å². The number of carboxylic acid groups (broad SMARTS) is 1. The first kappa shape index (κ1) is 22.5. The molecule has 0 unspecified atom stereocenters. The zero-order valence-electron chi connectivity index (χ0n) is 15.5. The van der Waals surface area contributed by atoms with Crippen LogP contribution in [0.2, 0.25) is 0 Å². The number of carbonyl (C=O) groups is 2. The molecule has 1 amide bonds. The number of cyclic esters (lactones) is 1. The Kier molecular flexibility index (Phi) is 6.18. The van der Waals surface area contributed by atoms with Gasteiger partial charge in [0.1, 0.15) is 12.5 Å². The van der Waals surface area contributed by atoms with E-state index in [2.05, 4.69) is 5.92 Å². The van der Waals surface area contributed by atoms with Gasteiger partial charge in [0.05, 0.1) is 6.54 Å². The van der Waals surface area contributed by atoms with Crippen molar-refractivity contribution in [1.29, 1.82) is 0 Å². The van der Waals surface area contributed by atoms with Gasteiger partial charge in [0.25, 0.3) is 0 Å². The Bertz CT molecular complexity index is 962. The molecule has 11 heteroatoms. The van der Waals surface area contributed by atoms with E-state index in [1.165, 1.54) is 29.2 Å². The van der Waals surface area contributed by atoms with E-state index < -0.39 is 51.8 Å². The Morgan fingerprint density at radius 1 is 1.31 bits per heavy atom. The molecule has 0 spiro atoms. The van der Waals surface area contributed by atoms with Crippen LogP contribution in [0.1, 0.15) is 25.3 Å². The topological polar surface area (TPSA) is 101 Å². The third-order valence-corrected chi connectivity index (χ3v) is 6.44. The fraction of sp³-hybridized carbons (Fsp3) is 0.444. The van der Waals surface area contributed by atoms with Crippen LogP contribution in [-0.4, -0.2) is 55.4 Å². The van der Waals surface area contributed by atoms with E-state index in [0.29, 0.717) is 11.3 Å². The maximum absolute atomic E-state index is 12.1. The minimum absolute atomic E-state index is 0.0731. The molecule has 0 aliphatic carbocycles. The highest BCUT2D eigenvalue weighted by Crippen LogP contribution is 2.30. The predicted octanol–water partition coefficient (Wildman–Crippen LogP) is 2.59. The summed E-state index contributed by atoms with van der Waals surface area (Å²) in [4.78, 5) is 24.8. The van der Waals surface area contributed by atoms with Gasteiger partial charge in [0.2, 0.25) is 0 Å². The number of carboxylic acids is 1. The van der Waals surface area contributed by atoms with Crippen molar-refractivity contribution in [1.82, 2.24) is 0 Å². The van der Waals surface area contributed by atoms with Crippen molar-refractivity contribution in [2.45, 2.75) is 36.8 Å². The minimum Gasteiger partial charge on any atom is -0.480 e. The van der Waals surface area contributed by atoms with Crippen molar-refractivity contribution in [2.75, 3.05) is 17.7 Å². The van der Waals surface area contributed by atoms with Crippen molar-refractivity contribution in [2.24, 2.45) is 0 Å². The number of nitrogens with zero attached hydrogens (tertiary/aromatic N) is 1. The summed E-state index contributed by atoms with van der Waals surface area (Å²) in [5, 5.41) is 9.31. The zero-order chi connectivity index (χ0) is 22.0. The molecular weight excluding hydrogens is 415 g/mol. The molecule has 1 N–H and O–H groups in total.